The third kappa shape index (κ3) is 4.17. The van der Waals surface area contributed by atoms with E-state index in [-0.39, 0.29) is 5.02 Å². The Morgan fingerprint density at radius 1 is 1.24 bits per heavy atom. The molecule has 0 spiro atoms. The molecule has 0 fully saturated rings. The molecule has 1 aromatic carbocycles. The fourth-order valence-electron chi connectivity index (χ4n) is 2.70. The summed E-state index contributed by atoms with van der Waals surface area (Å²) in [5.41, 5.74) is 1.61. The Hall–Kier alpha value is -1.56. The average molecular weight is 398 g/mol. The van der Waals surface area contributed by atoms with Gasteiger partial charge >= 0.3 is 5.97 Å². The number of thiophene rings is 1. The minimum Gasteiger partial charge on any atom is -0.448 e. The van der Waals surface area contributed by atoms with Crippen molar-refractivity contribution in [2.45, 2.75) is 38.7 Å². The SMILES string of the molecule is CC(OC(=O)c1cc2c(s1)CCCC2)C(=O)Nc1cccc(Cl)c1Cl. The lowest BCUT2D eigenvalue weighted by Crippen LogP contribution is -2.29. The third-order valence-electron chi connectivity index (χ3n) is 4.06. The van der Waals surface area contributed by atoms with Crippen LogP contribution in [0.5, 0.6) is 0 Å². The van der Waals surface area contributed by atoms with Crippen LogP contribution in [0.2, 0.25) is 10.0 Å². The van der Waals surface area contributed by atoms with E-state index < -0.39 is 18.0 Å². The molecular weight excluding hydrogens is 381 g/mol. The topological polar surface area (TPSA) is 55.4 Å². The lowest BCUT2D eigenvalue weighted by molar-refractivity contribution is -0.123. The van der Waals surface area contributed by atoms with E-state index in [2.05, 4.69) is 5.32 Å². The number of hydrogen-bond donors (Lipinski definition) is 1. The summed E-state index contributed by atoms with van der Waals surface area (Å²) < 4.78 is 5.30. The van der Waals surface area contributed by atoms with Crippen molar-refractivity contribution in [2.24, 2.45) is 0 Å². The first-order valence-electron chi connectivity index (χ1n) is 8.03. The molecule has 1 aliphatic rings. The standard InChI is InChI=1S/C18H17Cl2NO3S/c1-10(17(22)21-13-7-4-6-12(19)16(13)20)24-18(23)15-9-11-5-2-3-8-14(11)25-15/h4,6-7,9-10H,2-3,5,8H2,1H3,(H,21,22). The van der Waals surface area contributed by atoms with E-state index in [0.29, 0.717) is 15.6 Å². The van der Waals surface area contributed by atoms with Gasteiger partial charge in [0.2, 0.25) is 0 Å². The van der Waals surface area contributed by atoms with E-state index in [1.807, 2.05) is 6.07 Å². The number of ether oxygens (including phenoxy) is 1. The molecule has 1 amide bonds. The molecular formula is C18H17Cl2NO3S. The Kier molecular flexibility index (Phi) is 5.67. The zero-order valence-electron chi connectivity index (χ0n) is 13.6. The summed E-state index contributed by atoms with van der Waals surface area (Å²) in [6, 6.07) is 6.83. The maximum atomic E-state index is 12.3. The molecule has 0 saturated carbocycles. The van der Waals surface area contributed by atoms with Gasteiger partial charge in [0.25, 0.3) is 5.91 Å². The molecule has 0 saturated heterocycles. The number of carbonyl (C=O) groups is 2. The lowest BCUT2D eigenvalue weighted by atomic mass is 9.99. The van der Waals surface area contributed by atoms with Crippen molar-refractivity contribution in [3.05, 3.63) is 49.6 Å². The maximum absolute atomic E-state index is 12.3. The highest BCUT2D eigenvalue weighted by molar-refractivity contribution is 7.14. The van der Waals surface area contributed by atoms with Gasteiger partial charge < -0.3 is 10.1 Å². The van der Waals surface area contributed by atoms with Gasteiger partial charge in [0.1, 0.15) is 4.88 Å². The molecule has 1 atom stereocenters. The smallest absolute Gasteiger partial charge is 0.349 e. The van der Waals surface area contributed by atoms with Crippen LogP contribution in [0.4, 0.5) is 5.69 Å². The number of halogens is 2. The number of esters is 1. The van der Waals surface area contributed by atoms with E-state index in [9.17, 15) is 9.59 Å². The number of benzene rings is 1. The van der Waals surface area contributed by atoms with Crippen LogP contribution in [-0.2, 0) is 22.4 Å². The Bertz CT molecular complexity index is 795. The number of rotatable bonds is 4. The van der Waals surface area contributed by atoms with Crippen LogP contribution in [0.25, 0.3) is 0 Å². The first-order chi connectivity index (χ1) is 12.0. The van der Waals surface area contributed by atoms with Gasteiger partial charge in [-0.2, -0.15) is 0 Å². The average Bonchev–Trinajstić information content (AvgIpc) is 3.03. The van der Waals surface area contributed by atoms with Crippen molar-refractivity contribution in [1.82, 2.24) is 0 Å². The highest BCUT2D eigenvalue weighted by Gasteiger charge is 2.23. The predicted molar refractivity (Wildman–Crippen MR) is 101 cm³/mol. The van der Waals surface area contributed by atoms with Crippen LogP contribution < -0.4 is 5.32 Å². The number of fused-ring (bicyclic) bond motifs is 1. The van der Waals surface area contributed by atoms with E-state index in [1.165, 1.54) is 28.7 Å². The first-order valence-corrected chi connectivity index (χ1v) is 9.60. The second-order valence-corrected chi connectivity index (χ2v) is 7.83. The van der Waals surface area contributed by atoms with E-state index in [1.54, 1.807) is 18.2 Å². The summed E-state index contributed by atoms with van der Waals surface area (Å²) in [7, 11) is 0. The van der Waals surface area contributed by atoms with Gasteiger partial charge in [0, 0.05) is 4.88 Å². The molecule has 1 heterocycles. The van der Waals surface area contributed by atoms with E-state index in [0.717, 1.165) is 25.7 Å². The van der Waals surface area contributed by atoms with Crippen LogP contribution in [0.3, 0.4) is 0 Å². The molecule has 0 bridgehead atoms. The van der Waals surface area contributed by atoms with Gasteiger partial charge in [-0.25, -0.2) is 4.79 Å². The summed E-state index contributed by atoms with van der Waals surface area (Å²) in [4.78, 5) is 26.4. The Balaban J connectivity index is 1.63. The minimum absolute atomic E-state index is 0.252. The van der Waals surface area contributed by atoms with Crippen molar-refractivity contribution < 1.29 is 14.3 Å². The molecule has 1 N–H and O–H groups in total. The summed E-state index contributed by atoms with van der Waals surface area (Å²) in [5, 5.41) is 3.22. The van der Waals surface area contributed by atoms with E-state index >= 15 is 0 Å². The monoisotopic (exact) mass is 397 g/mol. The van der Waals surface area contributed by atoms with Crippen LogP contribution in [0, 0.1) is 0 Å². The van der Waals surface area contributed by atoms with Gasteiger partial charge in [-0.05, 0) is 56.4 Å². The predicted octanol–water partition coefficient (Wildman–Crippen LogP) is 5.12. The highest BCUT2D eigenvalue weighted by Crippen LogP contribution is 2.31. The number of aryl methyl sites for hydroxylation is 2. The second kappa shape index (κ2) is 7.77. The normalized spacial score (nSPS) is 14.5. The number of anilines is 1. The van der Waals surface area contributed by atoms with E-state index in [4.69, 9.17) is 27.9 Å². The van der Waals surface area contributed by atoms with Crippen molar-refractivity contribution in [1.29, 1.82) is 0 Å². The maximum Gasteiger partial charge on any atom is 0.349 e. The van der Waals surface area contributed by atoms with Crippen molar-refractivity contribution in [3.8, 4) is 0 Å². The zero-order valence-corrected chi connectivity index (χ0v) is 15.9. The van der Waals surface area contributed by atoms with Crippen LogP contribution in [0.15, 0.2) is 24.3 Å². The molecule has 1 unspecified atom stereocenters. The second-order valence-electron chi connectivity index (χ2n) is 5.90. The Labute approximate surface area is 160 Å². The molecule has 0 radical (unpaired) electrons. The summed E-state index contributed by atoms with van der Waals surface area (Å²) in [6.45, 7) is 1.53. The molecule has 4 nitrogen and oxygen atoms in total. The largest absolute Gasteiger partial charge is 0.448 e. The minimum atomic E-state index is -0.943. The van der Waals surface area contributed by atoms with Crippen LogP contribution in [-0.4, -0.2) is 18.0 Å². The van der Waals surface area contributed by atoms with Crippen molar-refractivity contribution in [2.75, 3.05) is 5.32 Å². The lowest BCUT2D eigenvalue weighted by Gasteiger charge is -2.14. The van der Waals surface area contributed by atoms with Gasteiger partial charge in [0.05, 0.1) is 15.7 Å². The fourth-order valence-corrected chi connectivity index (χ4v) is 4.18. The van der Waals surface area contributed by atoms with Crippen molar-refractivity contribution >= 4 is 52.1 Å². The quantitative estimate of drug-likeness (QED) is 0.728. The van der Waals surface area contributed by atoms with Crippen molar-refractivity contribution in [3.63, 3.8) is 0 Å². The molecule has 25 heavy (non-hydrogen) atoms. The molecule has 2 aromatic rings. The molecule has 3 rings (SSSR count). The molecule has 132 valence electrons. The third-order valence-corrected chi connectivity index (χ3v) is 6.10. The summed E-state index contributed by atoms with van der Waals surface area (Å²) >= 11 is 13.4. The van der Waals surface area contributed by atoms with Crippen LogP contribution >= 0.6 is 34.5 Å². The van der Waals surface area contributed by atoms with Crippen LogP contribution in [0.1, 0.15) is 39.9 Å². The Morgan fingerprint density at radius 3 is 2.76 bits per heavy atom. The molecule has 0 aliphatic heterocycles. The number of hydrogen-bond acceptors (Lipinski definition) is 4. The number of nitrogens with one attached hydrogen (secondary N) is 1. The first kappa shape index (κ1) is 18.2. The highest BCUT2D eigenvalue weighted by atomic mass is 35.5. The fraction of sp³-hybridized carbons (Fsp3) is 0.333. The zero-order chi connectivity index (χ0) is 18.0. The Morgan fingerprint density at radius 2 is 2.00 bits per heavy atom. The number of amides is 1. The number of carbonyl (C=O) groups excluding carboxylic acids is 2. The van der Waals surface area contributed by atoms with Gasteiger partial charge in [-0.3, -0.25) is 4.79 Å². The summed E-state index contributed by atoms with van der Waals surface area (Å²) in [6.07, 6.45) is 3.37. The summed E-state index contributed by atoms with van der Waals surface area (Å²) in [5.74, 6) is -0.932. The van der Waals surface area contributed by atoms with Gasteiger partial charge in [-0.15, -0.1) is 11.3 Å². The molecule has 1 aromatic heterocycles. The van der Waals surface area contributed by atoms with Gasteiger partial charge in [-0.1, -0.05) is 29.3 Å². The van der Waals surface area contributed by atoms with Gasteiger partial charge in [0.15, 0.2) is 6.10 Å². The molecule has 1 aliphatic carbocycles. The molecule has 7 heteroatoms.